The van der Waals surface area contributed by atoms with Crippen LogP contribution in [0.15, 0.2) is 11.1 Å². The van der Waals surface area contributed by atoms with Crippen molar-refractivity contribution in [1.29, 1.82) is 0 Å². The van der Waals surface area contributed by atoms with Crippen molar-refractivity contribution in [2.45, 2.75) is 48.5 Å². The topological polar surface area (TPSA) is 0 Å². The summed E-state index contributed by atoms with van der Waals surface area (Å²) >= 11 is 0. The van der Waals surface area contributed by atoms with Gasteiger partial charge in [-0.25, -0.2) is 0 Å². The molecule has 0 fully saturated rings. The lowest BCUT2D eigenvalue weighted by molar-refractivity contribution is 0.442. The molecule has 0 aliphatic heterocycles. The van der Waals surface area contributed by atoms with Gasteiger partial charge in [0.1, 0.15) is 0 Å². The summed E-state index contributed by atoms with van der Waals surface area (Å²) < 4.78 is 0. The van der Waals surface area contributed by atoms with Gasteiger partial charge in [0.05, 0.1) is 0 Å². The van der Waals surface area contributed by atoms with E-state index in [2.05, 4.69) is 48.5 Å². The molecule has 0 N–H and O–H groups in total. The van der Waals surface area contributed by atoms with Crippen LogP contribution in [0.3, 0.4) is 0 Å². The minimum absolute atomic E-state index is 0.340. The highest BCUT2D eigenvalue weighted by molar-refractivity contribution is 5.18. The summed E-state index contributed by atoms with van der Waals surface area (Å²) in [5.74, 6) is 0.681. The number of allylic oxidation sites excluding steroid dienone is 2. The summed E-state index contributed by atoms with van der Waals surface area (Å²) in [6.45, 7) is 15.8. The van der Waals surface area contributed by atoms with Crippen LogP contribution in [0.2, 0.25) is 0 Å². The monoisotopic (exact) mass is 154 g/mol. The Bertz CT molecular complexity index is 149. The molecule has 0 saturated heterocycles. The molecule has 0 radical (unpaired) electrons. The second kappa shape index (κ2) is 3.42. The van der Waals surface area contributed by atoms with Crippen molar-refractivity contribution >= 4 is 0 Å². The van der Waals surface area contributed by atoms with Crippen molar-refractivity contribution < 1.29 is 0 Å². The van der Waals surface area contributed by atoms with E-state index >= 15 is 0 Å². The first kappa shape index (κ1) is 10.7. The zero-order valence-electron chi connectivity index (χ0n) is 9.08. The SMILES string of the molecule is CC(C)=C(C(C)C)C(C)(C)C. The van der Waals surface area contributed by atoms with E-state index < -0.39 is 0 Å². The van der Waals surface area contributed by atoms with E-state index in [1.165, 1.54) is 5.57 Å². The van der Waals surface area contributed by atoms with Gasteiger partial charge in [-0.15, -0.1) is 0 Å². The average molecular weight is 154 g/mol. The second-order valence-corrected chi connectivity index (χ2v) is 4.82. The molecule has 0 spiro atoms. The predicted molar refractivity (Wildman–Crippen MR) is 52.7 cm³/mol. The first-order valence-corrected chi connectivity index (χ1v) is 4.44. The van der Waals surface area contributed by atoms with Crippen molar-refractivity contribution in [2.75, 3.05) is 0 Å². The molecule has 0 rings (SSSR count). The maximum Gasteiger partial charge on any atom is -0.0168 e. The van der Waals surface area contributed by atoms with Crippen LogP contribution in [0.25, 0.3) is 0 Å². The number of hydrogen-bond donors (Lipinski definition) is 0. The molecular weight excluding hydrogens is 132 g/mol. The third-order valence-electron chi connectivity index (χ3n) is 1.92. The van der Waals surface area contributed by atoms with Gasteiger partial charge in [-0.05, 0) is 25.2 Å². The summed E-state index contributed by atoms with van der Waals surface area (Å²) in [5, 5.41) is 0. The van der Waals surface area contributed by atoms with Crippen LogP contribution in [0, 0.1) is 11.3 Å². The first-order chi connectivity index (χ1) is 4.76. The quantitative estimate of drug-likeness (QED) is 0.500. The standard InChI is InChI=1S/C11H22/c1-8(2)10(9(3)4)11(5,6)7/h8H,1-7H3. The molecule has 0 aromatic carbocycles. The van der Waals surface area contributed by atoms with E-state index in [0.717, 1.165) is 0 Å². The van der Waals surface area contributed by atoms with Crippen molar-refractivity contribution in [1.82, 2.24) is 0 Å². The Labute approximate surface area is 71.7 Å². The highest BCUT2D eigenvalue weighted by atomic mass is 14.3. The molecular formula is C11H22. The fraction of sp³-hybridized carbons (Fsp3) is 0.818. The number of rotatable bonds is 1. The van der Waals surface area contributed by atoms with Crippen LogP contribution in [0.5, 0.6) is 0 Å². The van der Waals surface area contributed by atoms with E-state index in [0.29, 0.717) is 11.3 Å². The van der Waals surface area contributed by atoms with Gasteiger partial charge < -0.3 is 0 Å². The molecule has 0 saturated carbocycles. The minimum Gasteiger partial charge on any atom is -0.0764 e. The summed E-state index contributed by atoms with van der Waals surface area (Å²) in [7, 11) is 0. The molecule has 0 aromatic heterocycles. The molecule has 0 heterocycles. The summed E-state index contributed by atoms with van der Waals surface area (Å²) in [6, 6.07) is 0. The summed E-state index contributed by atoms with van der Waals surface area (Å²) in [6.07, 6.45) is 0. The van der Waals surface area contributed by atoms with Gasteiger partial charge in [-0.2, -0.15) is 0 Å². The highest BCUT2D eigenvalue weighted by Crippen LogP contribution is 2.33. The van der Waals surface area contributed by atoms with E-state index in [-0.39, 0.29) is 0 Å². The molecule has 0 unspecified atom stereocenters. The van der Waals surface area contributed by atoms with Crippen molar-refractivity contribution in [3.05, 3.63) is 11.1 Å². The van der Waals surface area contributed by atoms with Gasteiger partial charge in [-0.1, -0.05) is 45.8 Å². The van der Waals surface area contributed by atoms with Gasteiger partial charge in [0.25, 0.3) is 0 Å². The van der Waals surface area contributed by atoms with Crippen LogP contribution >= 0.6 is 0 Å². The van der Waals surface area contributed by atoms with E-state index in [1.807, 2.05) is 0 Å². The smallest absolute Gasteiger partial charge is 0.0168 e. The van der Waals surface area contributed by atoms with Gasteiger partial charge in [-0.3, -0.25) is 0 Å². The maximum atomic E-state index is 2.29. The Kier molecular flexibility index (Phi) is 3.34. The van der Waals surface area contributed by atoms with Gasteiger partial charge >= 0.3 is 0 Å². The molecule has 0 bridgehead atoms. The number of hydrogen-bond acceptors (Lipinski definition) is 0. The second-order valence-electron chi connectivity index (χ2n) is 4.82. The molecule has 0 aliphatic carbocycles. The Morgan fingerprint density at radius 3 is 1.36 bits per heavy atom. The third kappa shape index (κ3) is 3.09. The van der Waals surface area contributed by atoms with Crippen molar-refractivity contribution in [2.24, 2.45) is 11.3 Å². The Morgan fingerprint density at radius 2 is 1.36 bits per heavy atom. The average Bonchev–Trinajstić information content (AvgIpc) is 1.54. The lowest BCUT2D eigenvalue weighted by Crippen LogP contribution is -2.15. The molecule has 0 amide bonds. The maximum absolute atomic E-state index is 2.29. The Balaban J connectivity index is 4.80. The van der Waals surface area contributed by atoms with E-state index in [1.54, 1.807) is 5.57 Å². The van der Waals surface area contributed by atoms with Crippen LogP contribution in [-0.2, 0) is 0 Å². The molecule has 0 heteroatoms. The Morgan fingerprint density at radius 1 is 1.00 bits per heavy atom. The molecule has 66 valence electrons. The summed E-state index contributed by atoms with van der Waals surface area (Å²) in [5.41, 5.74) is 3.41. The van der Waals surface area contributed by atoms with Crippen molar-refractivity contribution in [3.8, 4) is 0 Å². The molecule has 0 aromatic rings. The molecule has 0 nitrogen and oxygen atoms in total. The van der Waals surface area contributed by atoms with Crippen LogP contribution < -0.4 is 0 Å². The third-order valence-corrected chi connectivity index (χ3v) is 1.92. The van der Waals surface area contributed by atoms with Crippen LogP contribution in [0.4, 0.5) is 0 Å². The van der Waals surface area contributed by atoms with E-state index in [4.69, 9.17) is 0 Å². The zero-order chi connectivity index (χ0) is 9.23. The van der Waals surface area contributed by atoms with Gasteiger partial charge in [0.15, 0.2) is 0 Å². The molecule has 0 atom stereocenters. The Hall–Kier alpha value is -0.260. The largest absolute Gasteiger partial charge is 0.0764 e. The summed E-state index contributed by atoms with van der Waals surface area (Å²) in [4.78, 5) is 0. The van der Waals surface area contributed by atoms with Gasteiger partial charge in [0, 0.05) is 0 Å². The van der Waals surface area contributed by atoms with Gasteiger partial charge in [0.2, 0.25) is 0 Å². The highest BCUT2D eigenvalue weighted by Gasteiger charge is 2.20. The predicted octanol–water partition coefficient (Wildman–Crippen LogP) is 4.02. The lowest BCUT2D eigenvalue weighted by atomic mass is 9.78. The fourth-order valence-corrected chi connectivity index (χ4v) is 2.19. The molecule has 0 aliphatic rings. The minimum atomic E-state index is 0.340. The molecule has 11 heavy (non-hydrogen) atoms. The zero-order valence-corrected chi connectivity index (χ0v) is 9.08. The van der Waals surface area contributed by atoms with E-state index in [9.17, 15) is 0 Å². The van der Waals surface area contributed by atoms with Crippen LogP contribution in [-0.4, -0.2) is 0 Å². The first-order valence-electron chi connectivity index (χ1n) is 4.44. The normalized spacial score (nSPS) is 12.0. The lowest BCUT2D eigenvalue weighted by Gasteiger charge is -2.28. The van der Waals surface area contributed by atoms with Crippen LogP contribution in [0.1, 0.15) is 48.5 Å². The van der Waals surface area contributed by atoms with Crippen molar-refractivity contribution in [3.63, 3.8) is 0 Å². The fourth-order valence-electron chi connectivity index (χ4n) is 2.19.